The smallest absolute Gasteiger partial charge is 0.0407 e. The van der Waals surface area contributed by atoms with Gasteiger partial charge in [-0.3, -0.25) is 0 Å². The first-order valence-electron chi connectivity index (χ1n) is 4.52. The van der Waals surface area contributed by atoms with Crippen molar-refractivity contribution in [3.8, 4) is 0 Å². The topological polar surface area (TPSA) is 23.5 Å². The second-order valence-electron chi connectivity index (χ2n) is 4.25. The van der Waals surface area contributed by atoms with Gasteiger partial charge in [0.1, 0.15) is 0 Å². The lowest BCUT2D eigenvalue weighted by atomic mass is 9.98. The average molecular weight is 157 g/mol. The molecule has 0 radical (unpaired) electrons. The largest absolute Gasteiger partial charge is 0.313 e. The van der Waals surface area contributed by atoms with E-state index in [2.05, 4.69) is 20.8 Å². The van der Waals surface area contributed by atoms with Gasteiger partial charge in [0.25, 0.3) is 0 Å². The standard InChI is InChI=1S/C9H19NO/c1-8-6-4-5-7-9(2,3)10(8)11/h8,11H,4-7H2,1-3H3/t8-/m1/s1. The summed E-state index contributed by atoms with van der Waals surface area (Å²) in [6, 6.07) is 0.326. The van der Waals surface area contributed by atoms with Crippen LogP contribution >= 0.6 is 0 Å². The van der Waals surface area contributed by atoms with Crippen molar-refractivity contribution in [3.63, 3.8) is 0 Å². The summed E-state index contributed by atoms with van der Waals surface area (Å²) in [5, 5.41) is 11.2. The summed E-state index contributed by atoms with van der Waals surface area (Å²) < 4.78 is 0. The van der Waals surface area contributed by atoms with Crippen molar-refractivity contribution in [3.05, 3.63) is 0 Å². The Morgan fingerprint density at radius 2 is 2.00 bits per heavy atom. The Bertz CT molecular complexity index is 134. The predicted octanol–water partition coefficient (Wildman–Crippen LogP) is 2.42. The molecule has 1 N–H and O–H groups in total. The van der Waals surface area contributed by atoms with E-state index in [0.29, 0.717) is 6.04 Å². The molecule has 0 unspecified atom stereocenters. The number of hydrogen-bond acceptors (Lipinski definition) is 2. The van der Waals surface area contributed by atoms with Crippen LogP contribution in [0.3, 0.4) is 0 Å². The van der Waals surface area contributed by atoms with E-state index in [0.717, 1.165) is 12.8 Å². The van der Waals surface area contributed by atoms with E-state index in [4.69, 9.17) is 0 Å². The first-order chi connectivity index (χ1) is 5.04. The van der Waals surface area contributed by atoms with Crippen LogP contribution in [0.4, 0.5) is 0 Å². The van der Waals surface area contributed by atoms with Gasteiger partial charge in [0.05, 0.1) is 0 Å². The molecule has 2 nitrogen and oxygen atoms in total. The normalized spacial score (nSPS) is 33.3. The molecule has 1 aliphatic heterocycles. The molecule has 0 aromatic heterocycles. The zero-order valence-electron chi connectivity index (χ0n) is 7.80. The third-order valence-electron chi connectivity index (χ3n) is 2.70. The molecular weight excluding hydrogens is 138 g/mol. The van der Waals surface area contributed by atoms with Crippen molar-refractivity contribution < 1.29 is 5.21 Å². The maximum atomic E-state index is 9.72. The summed E-state index contributed by atoms with van der Waals surface area (Å²) >= 11 is 0. The fraction of sp³-hybridized carbons (Fsp3) is 1.00. The van der Waals surface area contributed by atoms with Gasteiger partial charge in [-0.25, -0.2) is 0 Å². The third kappa shape index (κ3) is 1.94. The second kappa shape index (κ2) is 3.11. The number of hydroxylamine groups is 2. The number of rotatable bonds is 0. The molecule has 0 amide bonds. The zero-order chi connectivity index (χ0) is 8.48. The molecule has 1 fully saturated rings. The molecule has 0 aliphatic carbocycles. The highest BCUT2D eigenvalue weighted by molar-refractivity contribution is 4.82. The molecule has 1 rings (SSSR count). The quantitative estimate of drug-likeness (QED) is 0.583. The molecule has 1 heterocycles. The van der Waals surface area contributed by atoms with Gasteiger partial charge in [-0.2, -0.15) is 5.06 Å². The van der Waals surface area contributed by atoms with Crippen LogP contribution in [0.2, 0.25) is 0 Å². The lowest BCUT2D eigenvalue weighted by Crippen LogP contribution is -2.45. The summed E-state index contributed by atoms with van der Waals surface area (Å²) in [4.78, 5) is 0. The summed E-state index contributed by atoms with van der Waals surface area (Å²) in [5.41, 5.74) is -0.0179. The molecule has 1 atom stereocenters. The summed E-state index contributed by atoms with van der Waals surface area (Å²) in [5.74, 6) is 0. The Balaban J connectivity index is 2.65. The highest BCUT2D eigenvalue weighted by atomic mass is 16.5. The van der Waals surface area contributed by atoms with Gasteiger partial charge in [0, 0.05) is 11.6 Å². The van der Waals surface area contributed by atoms with E-state index in [-0.39, 0.29) is 5.54 Å². The minimum Gasteiger partial charge on any atom is -0.313 e. The van der Waals surface area contributed by atoms with Gasteiger partial charge in [-0.1, -0.05) is 12.8 Å². The summed E-state index contributed by atoms with van der Waals surface area (Å²) in [7, 11) is 0. The number of nitrogens with zero attached hydrogens (tertiary/aromatic N) is 1. The molecule has 0 aromatic rings. The summed E-state index contributed by atoms with van der Waals surface area (Å²) in [6.45, 7) is 6.30. The minimum absolute atomic E-state index is 0.0179. The van der Waals surface area contributed by atoms with Crippen molar-refractivity contribution in [1.29, 1.82) is 0 Å². The van der Waals surface area contributed by atoms with E-state index >= 15 is 0 Å². The Morgan fingerprint density at radius 3 is 2.64 bits per heavy atom. The maximum Gasteiger partial charge on any atom is 0.0407 e. The third-order valence-corrected chi connectivity index (χ3v) is 2.70. The lowest BCUT2D eigenvalue weighted by molar-refractivity contribution is -0.186. The van der Waals surface area contributed by atoms with Crippen LogP contribution in [0.5, 0.6) is 0 Å². The van der Waals surface area contributed by atoms with Crippen molar-refractivity contribution >= 4 is 0 Å². The minimum atomic E-state index is -0.0179. The van der Waals surface area contributed by atoms with E-state index in [1.54, 1.807) is 0 Å². The highest BCUT2D eigenvalue weighted by Gasteiger charge is 2.30. The average Bonchev–Trinajstić information content (AvgIpc) is 2.03. The van der Waals surface area contributed by atoms with Gasteiger partial charge in [0.15, 0.2) is 0 Å². The molecule has 11 heavy (non-hydrogen) atoms. The van der Waals surface area contributed by atoms with Crippen LogP contribution in [0, 0.1) is 0 Å². The van der Waals surface area contributed by atoms with Crippen LogP contribution in [-0.4, -0.2) is 21.9 Å². The molecule has 0 bridgehead atoms. The Kier molecular flexibility index (Phi) is 2.55. The molecule has 1 aliphatic rings. The van der Waals surface area contributed by atoms with E-state index in [1.807, 2.05) is 0 Å². The molecule has 1 saturated heterocycles. The Labute approximate surface area is 69.2 Å². The highest BCUT2D eigenvalue weighted by Crippen LogP contribution is 2.27. The van der Waals surface area contributed by atoms with Gasteiger partial charge in [-0.15, -0.1) is 0 Å². The molecule has 0 spiro atoms. The van der Waals surface area contributed by atoms with E-state index in [1.165, 1.54) is 17.9 Å². The van der Waals surface area contributed by atoms with E-state index < -0.39 is 0 Å². The van der Waals surface area contributed by atoms with Gasteiger partial charge in [0.2, 0.25) is 0 Å². The lowest BCUT2D eigenvalue weighted by Gasteiger charge is -2.35. The molecule has 0 aromatic carbocycles. The van der Waals surface area contributed by atoms with Crippen LogP contribution in [-0.2, 0) is 0 Å². The second-order valence-corrected chi connectivity index (χ2v) is 4.25. The molecule has 2 heteroatoms. The van der Waals surface area contributed by atoms with Crippen LogP contribution in [0.25, 0.3) is 0 Å². The van der Waals surface area contributed by atoms with Crippen molar-refractivity contribution in [2.75, 3.05) is 0 Å². The first kappa shape index (κ1) is 9.01. The van der Waals surface area contributed by atoms with E-state index in [9.17, 15) is 5.21 Å². The molecular formula is C9H19NO. The van der Waals surface area contributed by atoms with Crippen molar-refractivity contribution in [1.82, 2.24) is 5.06 Å². The van der Waals surface area contributed by atoms with Crippen molar-refractivity contribution in [2.24, 2.45) is 0 Å². The molecule has 66 valence electrons. The first-order valence-corrected chi connectivity index (χ1v) is 4.52. The van der Waals surface area contributed by atoms with Crippen LogP contribution in [0.1, 0.15) is 46.5 Å². The Morgan fingerprint density at radius 1 is 1.36 bits per heavy atom. The SMILES string of the molecule is C[C@@H]1CCCCC(C)(C)N1O. The predicted molar refractivity (Wildman–Crippen MR) is 45.6 cm³/mol. The zero-order valence-corrected chi connectivity index (χ0v) is 7.80. The molecule has 0 saturated carbocycles. The van der Waals surface area contributed by atoms with Crippen molar-refractivity contribution in [2.45, 2.75) is 58.0 Å². The van der Waals surface area contributed by atoms with Crippen LogP contribution in [0.15, 0.2) is 0 Å². The maximum absolute atomic E-state index is 9.72. The van der Waals surface area contributed by atoms with Gasteiger partial charge < -0.3 is 5.21 Å². The Hall–Kier alpha value is -0.0800. The van der Waals surface area contributed by atoms with Crippen LogP contribution < -0.4 is 0 Å². The number of hydrogen-bond donors (Lipinski definition) is 1. The van der Waals surface area contributed by atoms with Gasteiger partial charge >= 0.3 is 0 Å². The fourth-order valence-corrected chi connectivity index (χ4v) is 1.83. The summed E-state index contributed by atoms with van der Waals surface area (Å²) in [6.07, 6.45) is 4.73. The fourth-order valence-electron chi connectivity index (χ4n) is 1.83. The monoisotopic (exact) mass is 157 g/mol. The van der Waals surface area contributed by atoms with Gasteiger partial charge in [-0.05, 0) is 33.6 Å².